The Kier molecular flexibility index (Phi) is 2.09. The van der Waals surface area contributed by atoms with E-state index in [2.05, 4.69) is 0 Å². The molecule has 0 spiro atoms. The lowest BCUT2D eigenvalue weighted by atomic mass is 10.2. The average Bonchev–Trinajstić information content (AvgIpc) is 2.56. The number of hydrogen-bond acceptors (Lipinski definition) is 4. The van der Waals surface area contributed by atoms with Crippen LogP contribution in [0, 0.1) is 0 Å². The summed E-state index contributed by atoms with van der Waals surface area (Å²) in [4.78, 5) is 31.5. The van der Waals surface area contributed by atoms with Crippen LogP contribution < -0.4 is 16.9 Å². The molecule has 1 heterocycles. The highest BCUT2D eigenvalue weighted by molar-refractivity contribution is 5.72. The predicted molar refractivity (Wildman–Crippen MR) is 39.7 cm³/mol. The average molecular weight is 172 g/mol. The van der Waals surface area contributed by atoms with Gasteiger partial charge in [0.1, 0.15) is 6.04 Å². The maximum atomic E-state index is 10.5. The molecule has 66 valence electrons. The number of nitrogens with two attached hydrogens (primary N) is 1. The van der Waals surface area contributed by atoms with Crippen LogP contribution in [0.1, 0.15) is 12.5 Å². The van der Waals surface area contributed by atoms with Gasteiger partial charge in [-0.25, -0.2) is 4.79 Å². The summed E-state index contributed by atoms with van der Waals surface area (Å²) in [5.41, 5.74) is 3.63. The Morgan fingerprint density at radius 3 is 2.25 bits per heavy atom. The molecule has 3 N–H and O–H groups in total. The third kappa shape index (κ3) is 1.28. The van der Waals surface area contributed by atoms with Crippen molar-refractivity contribution in [3.63, 3.8) is 0 Å². The van der Waals surface area contributed by atoms with Crippen LogP contribution in [0.15, 0.2) is 9.59 Å². The monoisotopic (exact) mass is 172 g/mol. The van der Waals surface area contributed by atoms with Gasteiger partial charge in [-0.15, -0.1) is 0 Å². The van der Waals surface area contributed by atoms with E-state index < -0.39 is 23.1 Å². The Morgan fingerprint density at radius 2 is 2.00 bits per heavy atom. The van der Waals surface area contributed by atoms with Crippen LogP contribution in [-0.4, -0.2) is 22.2 Å². The first-order valence-electron chi connectivity index (χ1n) is 3.40. The highest BCUT2D eigenvalue weighted by atomic mass is 16.4. The molecule has 0 aromatic carbocycles. The SMILES string of the molecule is NCCC(C(=O)O)n1c(=O)c1=O. The topological polar surface area (TPSA) is 102 Å². The molecule has 0 fully saturated rings. The zero-order valence-electron chi connectivity index (χ0n) is 6.19. The molecule has 0 radical (unpaired) electrons. The normalized spacial score (nSPS) is 13.4. The van der Waals surface area contributed by atoms with Gasteiger partial charge in [0.05, 0.1) is 0 Å². The molecule has 0 saturated heterocycles. The van der Waals surface area contributed by atoms with Crippen molar-refractivity contribution >= 4 is 5.97 Å². The Balaban J connectivity index is 2.82. The molecule has 0 aliphatic rings. The first-order chi connectivity index (χ1) is 5.59. The molecule has 1 aromatic heterocycles. The molecule has 1 unspecified atom stereocenters. The van der Waals surface area contributed by atoms with E-state index in [0.717, 1.165) is 0 Å². The van der Waals surface area contributed by atoms with Crippen molar-refractivity contribution in [3.8, 4) is 0 Å². The molecule has 1 atom stereocenters. The van der Waals surface area contributed by atoms with Gasteiger partial charge >= 0.3 is 17.1 Å². The van der Waals surface area contributed by atoms with Gasteiger partial charge in [0.15, 0.2) is 0 Å². The van der Waals surface area contributed by atoms with Gasteiger partial charge in [-0.2, -0.15) is 0 Å². The van der Waals surface area contributed by atoms with Crippen LogP contribution in [0.3, 0.4) is 0 Å². The molecule has 0 aliphatic heterocycles. The van der Waals surface area contributed by atoms with Gasteiger partial charge in [-0.3, -0.25) is 14.2 Å². The van der Waals surface area contributed by atoms with E-state index >= 15 is 0 Å². The molecule has 12 heavy (non-hydrogen) atoms. The van der Waals surface area contributed by atoms with Crippen molar-refractivity contribution in [1.29, 1.82) is 0 Å². The van der Waals surface area contributed by atoms with E-state index in [9.17, 15) is 14.4 Å². The van der Waals surface area contributed by atoms with Crippen molar-refractivity contribution < 1.29 is 9.90 Å². The summed E-state index contributed by atoms with van der Waals surface area (Å²) in [7, 11) is 0. The summed E-state index contributed by atoms with van der Waals surface area (Å²) in [5, 5.41) is 8.55. The van der Waals surface area contributed by atoms with Crippen molar-refractivity contribution in [1.82, 2.24) is 4.57 Å². The van der Waals surface area contributed by atoms with Gasteiger partial charge in [-0.1, -0.05) is 0 Å². The van der Waals surface area contributed by atoms with Crippen LogP contribution in [0.25, 0.3) is 0 Å². The summed E-state index contributed by atoms with van der Waals surface area (Å²) in [6.07, 6.45) is 0.104. The number of aromatic nitrogens is 1. The number of nitrogens with zero attached hydrogens (tertiary/aromatic N) is 1. The van der Waals surface area contributed by atoms with Crippen LogP contribution >= 0.6 is 0 Å². The highest BCUT2D eigenvalue weighted by Gasteiger charge is 2.29. The lowest BCUT2D eigenvalue weighted by Crippen LogP contribution is -2.21. The molecule has 6 nitrogen and oxygen atoms in total. The summed E-state index contributed by atoms with van der Waals surface area (Å²) in [6, 6.07) is -1.07. The minimum Gasteiger partial charge on any atom is -0.480 e. The smallest absolute Gasteiger partial charge is 0.326 e. The van der Waals surface area contributed by atoms with Crippen molar-refractivity contribution in [2.45, 2.75) is 12.5 Å². The van der Waals surface area contributed by atoms with Crippen molar-refractivity contribution in [2.24, 2.45) is 5.73 Å². The fourth-order valence-electron chi connectivity index (χ4n) is 0.950. The quantitative estimate of drug-likeness (QED) is 0.514. The maximum absolute atomic E-state index is 10.5. The summed E-state index contributed by atoms with van der Waals surface area (Å²) in [5.74, 6) is -1.19. The number of carboxylic acid groups (broad SMARTS) is 1. The third-order valence-corrected chi connectivity index (χ3v) is 1.61. The molecule has 0 saturated carbocycles. The second kappa shape index (κ2) is 2.90. The first kappa shape index (κ1) is 8.66. The molecule has 0 amide bonds. The summed E-state index contributed by atoms with van der Waals surface area (Å²) in [6.45, 7) is 0.133. The van der Waals surface area contributed by atoms with E-state index in [4.69, 9.17) is 10.8 Å². The number of rotatable bonds is 4. The number of aliphatic carboxylic acids is 1. The highest BCUT2D eigenvalue weighted by Crippen LogP contribution is 2.06. The third-order valence-electron chi connectivity index (χ3n) is 1.61. The van der Waals surface area contributed by atoms with Crippen molar-refractivity contribution in [3.05, 3.63) is 20.7 Å². The van der Waals surface area contributed by atoms with Crippen LogP contribution in [0.5, 0.6) is 0 Å². The minimum absolute atomic E-state index is 0.104. The Hall–Kier alpha value is -1.43. The fourth-order valence-corrected chi connectivity index (χ4v) is 0.950. The molecule has 1 aromatic rings. The predicted octanol–water partition coefficient (Wildman–Crippen LogP) is -1.94. The summed E-state index contributed by atoms with van der Waals surface area (Å²) < 4.78 is 0.704. The zero-order valence-corrected chi connectivity index (χ0v) is 6.19. The van der Waals surface area contributed by atoms with Crippen LogP contribution in [0.4, 0.5) is 0 Å². The van der Waals surface area contributed by atoms with E-state index in [1.807, 2.05) is 0 Å². The second-order valence-corrected chi connectivity index (χ2v) is 2.41. The first-order valence-corrected chi connectivity index (χ1v) is 3.40. The van der Waals surface area contributed by atoms with E-state index in [1.54, 1.807) is 0 Å². The molecule has 0 bridgehead atoms. The minimum atomic E-state index is -1.19. The van der Waals surface area contributed by atoms with E-state index in [0.29, 0.717) is 4.57 Å². The number of carboxylic acids is 1. The van der Waals surface area contributed by atoms with Gasteiger partial charge in [0, 0.05) is 0 Å². The van der Waals surface area contributed by atoms with E-state index in [1.165, 1.54) is 0 Å². The van der Waals surface area contributed by atoms with Gasteiger partial charge in [0.2, 0.25) is 0 Å². The van der Waals surface area contributed by atoms with Gasteiger partial charge < -0.3 is 10.8 Å². The number of hydrogen-bond donors (Lipinski definition) is 2. The molecular weight excluding hydrogens is 164 g/mol. The molecule has 1 rings (SSSR count). The molecular formula is C6H8N2O4. The second-order valence-electron chi connectivity index (χ2n) is 2.41. The Morgan fingerprint density at radius 1 is 1.50 bits per heavy atom. The van der Waals surface area contributed by atoms with Crippen LogP contribution in [0.2, 0.25) is 0 Å². The van der Waals surface area contributed by atoms with Gasteiger partial charge in [-0.05, 0) is 13.0 Å². The summed E-state index contributed by atoms with van der Waals surface area (Å²) >= 11 is 0. The van der Waals surface area contributed by atoms with E-state index in [-0.39, 0.29) is 13.0 Å². The Labute approximate surface area is 66.9 Å². The fraction of sp³-hybridized carbons (Fsp3) is 0.500. The standard InChI is InChI=1S/C6H8N2O4/c7-2-1-3(6(11)12)8-4(9)5(8)10/h3H,1-2,7H2,(H,11,12). The lowest BCUT2D eigenvalue weighted by Gasteiger charge is -2.04. The molecule has 0 aliphatic carbocycles. The number of carbonyl (C=O) groups is 1. The van der Waals surface area contributed by atoms with Gasteiger partial charge in [0.25, 0.3) is 0 Å². The lowest BCUT2D eigenvalue weighted by molar-refractivity contribution is -0.140. The Bertz CT molecular complexity index is 335. The maximum Gasteiger partial charge on any atom is 0.326 e. The van der Waals surface area contributed by atoms with Crippen molar-refractivity contribution in [2.75, 3.05) is 6.54 Å². The molecule has 6 heteroatoms. The largest absolute Gasteiger partial charge is 0.480 e. The van der Waals surface area contributed by atoms with Crippen LogP contribution in [-0.2, 0) is 4.79 Å². The zero-order chi connectivity index (χ0) is 9.30.